The average molecular weight is 476 g/mol. The van der Waals surface area contributed by atoms with Crippen LogP contribution in [0.4, 0.5) is 17.6 Å². The van der Waals surface area contributed by atoms with Gasteiger partial charge in [-0.25, -0.2) is 8.42 Å². The third-order valence-electron chi connectivity index (χ3n) is 2.98. The molecule has 0 fully saturated rings. The fraction of sp³-hybridized carbons (Fsp3) is 0.143. The molecule has 0 aliphatic heterocycles. The average Bonchev–Trinajstić information content (AvgIpc) is 2.46. The van der Waals surface area contributed by atoms with Gasteiger partial charge >= 0.3 is 9.66 Å². The largest absolute Gasteiger partial charge is 0.326 e. The summed E-state index contributed by atoms with van der Waals surface area (Å²) in [5, 5.41) is 0. The van der Waals surface area contributed by atoms with Gasteiger partial charge in [-0.1, -0.05) is 24.3 Å². The zero-order valence-corrected chi connectivity index (χ0v) is 15.1. The van der Waals surface area contributed by atoms with E-state index in [-0.39, 0.29) is 9.79 Å². The first-order valence-electron chi connectivity index (χ1n) is 6.02. The minimum absolute atomic E-state index is 0.212. The molecule has 23 heavy (non-hydrogen) atoms. The van der Waals surface area contributed by atoms with Crippen molar-refractivity contribution in [1.82, 2.24) is 0 Å². The molecule has 0 heterocycles. The van der Waals surface area contributed by atoms with E-state index in [2.05, 4.69) is 31.9 Å². The molecule has 124 valence electrons. The number of sulfone groups is 1. The highest BCUT2D eigenvalue weighted by Gasteiger charge is 2.29. The lowest BCUT2D eigenvalue weighted by molar-refractivity contribution is 0.114. The molecule has 0 N–H and O–H groups in total. The van der Waals surface area contributed by atoms with Gasteiger partial charge in [0.1, 0.15) is 0 Å². The highest BCUT2D eigenvalue weighted by atomic mass is 79.9. The second-order valence-electron chi connectivity index (χ2n) is 4.55. The number of alkyl halides is 6. The molecule has 0 saturated carbocycles. The molecule has 0 aliphatic carbocycles. The van der Waals surface area contributed by atoms with Gasteiger partial charge in [0.2, 0.25) is 9.84 Å². The first-order valence-corrected chi connectivity index (χ1v) is 9.09. The molecule has 2 rings (SSSR count). The first kappa shape index (κ1) is 18.4. The zero-order valence-electron chi connectivity index (χ0n) is 11.1. The molecule has 0 radical (unpaired) electrons. The van der Waals surface area contributed by atoms with E-state index in [1.165, 1.54) is 0 Å². The number of hydrogen-bond donors (Lipinski definition) is 0. The van der Waals surface area contributed by atoms with Gasteiger partial charge in [0.05, 0.1) is 9.79 Å². The van der Waals surface area contributed by atoms with Crippen LogP contribution in [-0.4, -0.2) is 8.42 Å². The Balaban J connectivity index is 2.39. The van der Waals surface area contributed by atoms with Crippen molar-refractivity contribution in [2.45, 2.75) is 19.5 Å². The van der Waals surface area contributed by atoms with Gasteiger partial charge in [-0.05, 0) is 56.1 Å². The Kier molecular flexibility index (Phi) is 4.94. The van der Waals surface area contributed by atoms with E-state index in [9.17, 15) is 26.0 Å². The molecular weight excluding hydrogens is 468 g/mol. The molecule has 0 amide bonds. The van der Waals surface area contributed by atoms with E-state index in [1.807, 2.05) is 0 Å². The molecule has 0 spiro atoms. The highest BCUT2D eigenvalue weighted by molar-refractivity contribution is 9.09. The van der Waals surface area contributed by atoms with Crippen molar-refractivity contribution in [2.75, 3.05) is 0 Å². The monoisotopic (exact) mass is 474 g/mol. The van der Waals surface area contributed by atoms with Gasteiger partial charge in [-0.15, -0.1) is 0 Å². The van der Waals surface area contributed by atoms with Gasteiger partial charge in [0.15, 0.2) is 0 Å². The molecular formula is C14H8Br2F4O2S. The summed E-state index contributed by atoms with van der Waals surface area (Å²) in [6.45, 7) is 0. The third-order valence-corrected chi connectivity index (χ3v) is 5.69. The summed E-state index contributed by atoms with van der Waals surface area (Å²) in [4.78, 5) is -6.95. The van der Waals surface area contributed by atoms with Crippen molar-refractivity contribution in [3.8, 4) is 0 Å². The van der Waals surface area contributed by atoms with Crippen molar-refractivity contribution in [3.63, 3.8) is 0 Å². The van der Waals surface area contributed by atoms with Gasteiger partial charge in [0.25, 0.3) is 0 Å². The predicted octanol–water partition coefficient (Wildman–Crippen LogP) is 5.41. The van der Waals surface area contributed by atoms with Gasteiger partial charge in [-0.2, -0.15) is 17.6 Å². The summed E-state index contributed by atoms with van der Waals surface area (Å²) in [6.07, 6.45) is 0. The van der Waals surface area contributed by atoms with E-state index >= 15 is 0 Å². The fourth-order valence-electron chi connectivity index (χ4n) is 1.78. The Morgan fingerprint density at radius 3 is 1.13 bits per heavy atom. The maximum absolute atomic E-state index is 13.1. The van der Waals surface area contributed by atoms with Gasteiger partial charge in [-0.3, -0.25) is 0 Å². The molecule has 2 nitrogen and oxygen atoms in total. The van der Waals surface area contributed by atoms with Gasteiger partial charge in [0, 0.05) is 11.1 Å². The normalized spacial score (nSPS) is 13.1. The second kappa shape index (κ2) is 6.18. The first-order chi connectivity index (χ1) is 10.4. The smallest absolute Gasteiger partial charge is 0.219 e. The number of hydrogen-bond acceptors (Lipinski definition) is 2. The minimum atomic E-state index is -3.98. The Hall–Kier alpha value is -0.930. The molecule has 0 unspecified atom stereocenters. The SMILES string of the molecule is O=S(=O)(c1ccc(C(F)(F)Br)cc1)c1ccc(C(F)(F)Br)cc1. The minimum Gasteiger partial charge on any atom is -0.219 e. The van der Waals surface area contributed by atoms with E-state index in [0.29, 0.717) is 0 Å². The molecule has 2 aromatic carbocycles. The predicted molar refractivity (Wildman–Crippen MR) is 84.0 cm³/mol. The standard InChI is InChI=1S/C14H8Br2F4O2S/c15-13(17,18)9-1-5-11(6-2-9)23(21,22)12-7-3-10(4-8-12)14(16,19)20/h1-8H. The van der Waals surface area contributed by atoms with Crippen molar-refractivity contribution in [3.05, 3.63) is 59.7 Å². The topological polar surface area (TPSA) is 34.1 Å². The number of rotatable bonds is 4. The molecule has 0 saturated heterocycles. The quantitative estimate of drug-likeness (QED) is 0.437. The van der Waals surface area contributed by atoms with Crippen LogP contribution in [0.15, 0.2) is 58.3 Å². The lowest BCUT2D eigenvalue weighted by Gasteiger charge is -2.11. The van der Waals surface area contributed by atoms with Gasteiger partial charge < -0.3 is 0 Å². The summed E-state index contributed by atoms with van der Waals surface area (Å²) in [7, 11) is -3.98. The molecule has 0 aliphatic rings. The Bertz CT molecular complexity index is 729. The van der Waals surface area contributed by atoms with Crippen LogP contribution in [0.1, 0.15) is 11.1 Å². The summed E-state index contributed by atoms with van der Waals surface area (Å²) in [5.74, 6) is 0. The van der Waals surface area contributed by atoms with E-state index in [0.717, 1.165) is 48.5 Å². The van der Waals surface area contributed by atoms with E-state index in [1.54, 1.807) is 0 Å². The van der Waals surface area contributed by atoms with Crippen LogP contribution in [0.5, 0.6) is 0 Å². The van der Waals surface area contributed by atoms with Crippen LogP contribution in [0.2, 0.25) is 0 Å². The Morgan fingerprint density at radius 1 is 0.652 bits per heavy atom. The van der Waals surface area contributed by atoms with E-state index in [4.69, 9.17) is 0 Å². The van der Waals surface area contributed by atoms with Crippen LogP contribution < -0.4 is 0 Å². The third kappa shape index (κ3) is 4.13. The molecule has 0 atom stereocenters. The van der Waals surface area contributed by atoms with Crippen LogP contribution in [0.3, 0.4) is 0 Å². The summed E-state index contributed by atoms with van der Waals surface area (Å²) >= 11 is 4.35. The molecule has 0 aromatic heterocycles. The Morgan fingerprint density at radius 2 is 0.913 bits per heavy atom. The van der Waals surface area contributed by atoms with Crippen molar-refractivity contribution in [2.24, 2.45) is 0 Å². The van der Waals surface area contributed by atoms with Crippen molar-refractivity contribution >= 4 is 41.7 Å². The van der Waals surface area contributed by atoms with Crippen LogP contribution in [-0.2, 0) is 19.5 Å². The van der Waals surface area contributed by atoms with E-state index < -0.39 is 30.6 Å². The molecule has 2 aromatic rings. The van der Waals surface area contributed by atoms with Crippen molar-refractivity contribution < 1.29 is 26.0 Å². The molecule has 9 heteroatoms. The summed E-state index contributed by atoms with van der Waals surface area (Å²) < 4.78 is 76.9. The highest BCUT2D eigenvalue weighted by Crippen LogP contribution is 2.36. The van der Waals surface area contributed by atoms with Crippen LogP contribution in [0, 0.1) is 0 Å². The van der Waals surface area contributed by atoms with Crippen LogP contribution in [0.25, 0.3) is 0 Å². The summed E-state index contributed by atoms with van der Waals surface area (Å²) in [5.41, 5.74) is -0.795. The fourth-order valence-corrected chi connectivity index (χ4v) is 3.57. The number of halogens is 6. The maximum atomic E-state index is 13.1. The van der Waals surface area contributed by atoms with Crippen LogP contribution >= 0.6 is 31.9 Å². The second-order valence-corrected chi connectivity index (χ2v) is 8.49. The lowest BCUT2D eigenvalue weighted by atomic mass is 10.2. The maximum Gasteiger partial charge on any atom is 0.326 e. The zero-order chi connectivity index (χ0) is 17.5. The number of benzene rings is 2. The lowest BCUT2D eigenvalue weighted by Crippen LogP contribution is -2.07. The molecule has 0 bridgehead atoms. The summed E-state index contributed by atoms with van der Waals surface area (Å²) in [6, 6.07) is 8.04. The van der Waals surface area contributed by atoms with Crippen molar-refractivity contribution in [1.29, 1.82) is 0 Å². The Labute approximate surface area is 146 Å².